The number of amides is 3. The van der Waals surface area contributed by atoms with Gasteiger partial charge in [-0.1, -0.05) is 0 Å². The van der Waals surface area contributed by atoms with Gasteiger partial charge >= 0.3 is 6.03 Å². The van der Waals surface area contributed by atoms with Gasteiger partial charge in [0.15, 0.2) is 0 Å². The third-order valence-electron chi connectivity index (χ3n) is 3.60. The van der Waals surface area contributed by atoms with Crippen molar-refractivity contribution in [3.63, 3.8) is 0 Å². The molecular formula is C15H22N4O2. The number of carbonyl (C=O) groups is 2. The van der Waals surface area contributed by atoms with E-state index in [2.05, 4.69) is 21.3 Å². The highest BCUT2D eigenvalue weighted by Crippen LogP contribution is 2.16. The monoisotopic (exact) mass is 290 g/mol. The lowest BCUT2D eigenvalue weighted by molar-refractivity contribution is -0.116. The van der Waals surface area contributed by atoms with Crippen molar-refractivity contribution in [3.8, 4) is 0 Å². The molecule has 1 aliphatic rings. The van der Waals surface area contributed by atoms with Crippen molar-refractivity contribution in [1.82, 2.24) is 10.6 Å². The number of rotatable bonds is 5. The van der Waals surface area contributed by atoms with Crippen molar-refractivity contribution >= 4 is 23.3 Å². The van der Waals surface area contributed by atoms with Crippen LogP contribution in [0.1, 0.15) is 19.3 Å². The summed E-state index contributed by atoms with van der Waals surface area (Å²) in [6.45, 7) is 2.08. The summed E-state index contributed by atoms with van der Waals surface area (Å²) in [7, 11) is 1.56. The first-order valence-electron chi connectivity index (χ1n) is 7.27. The molecule has 114 valence electrons. The molecular weight excluding hydrogens is 268 g/mol. The lowest BCUT2D eigenvalue weighted by Gasteiger charge is -2.09. The maximum absolute atomic E-state index is 11.9. The highest BCUT2D eigenvalue weighted by atomic mass is 16.2. The van der Waals surface area contributed by atoms with Crippen LogP contribution >= 0.6 is 0 Å². The highest BCUT2D eigenvalue weighted by Gasteiger charge is 2.15. The molecule has 1 atom stereocenters. The summed E-state index contributed by atoms with van der Waals surface area (Å²) in [5.41, 5.74) is 1.43. The summed E-state index contributed by atoms with van der Waals surface area (Å²) in [6, 6.07) is 6.80. The summed E-state index contributed by atoms with van der Waals surface area (Å²) in [5, 5.41) is 11.3. The number of nitrogens with one attached hydrogen (secondary N) is 4. The second-order valence-electron chi connectivity index (χ2n) is 5.23. The number of hydrogen-bond donors (Lipinski definition) is 4. The van der Waals surface area contributed by atoms with Crippen LogP contribution in [0.2, 0.25) is 0 Å². The van der Waals surface area contributed by atoms with Gasteiger partial charge in [0.25, 0.3) is 0 Å². The van der Waals surface area contributed by atoms with E-state index in [1.165, 1.54) is 0 Å². The second-order valence-corrected chi connectivity index (χ2v) is 5.23. The first-order chi connectivity index (χ1) is 10.2. The van der Waals surface area contributed by atoms with Crippen molar-refractivity contribution in [2.45, 2.75) is 19.3 Å². The number of carbonyl (C=O) groups excluding carboxylic acids is 2. The van der Waals surface area contributed by atoms with Crippen LogP contribution in [0.25, 0.3) is 0 Å². The summed E-state index contributed by atoms with van der Waals surface area (Å²) in [4.78, 5) is 23.0. The van der Waals surface area contributed by atoms with Crippen LogP contribution in [0.5, 0.6) is 0 Å². The van der Waals surface area contributed by atoms with Crippen LogP contribution < -0.4 is 21.3 Å². The fourth-order valence-corrected chi connectivity index (χ4v) is 2.35. The minimum absolute atomic E-state index is 0.0360. The van der Waals surface area contributed by atoms with E-state index in [0.29, 0.717) is 18.0 Å². The average Bonchev–Trinajstić information content (AvgIpc) is 3.00. The van der Waals surface area contributed by atoms with E-state index in [-0.39, 0.29) is 11.9 Å². The van der Waals surface area contributed by atoms with Crippen LogP contribution in [-0.4, -0.2) is 32.1 Å². The molecule has 1 aliphatic heterocycles. The molecule has 21 heavy (non-hydrogen) atoms. The Hall–Kier alpha value is -2.08. The van der Waals surface area contributed by atoms with Crippen LogP contribution in [0.4, 0.5) is 16.2 Å². The van der Waals surface area contributed by atoms with Gasteiger partial charge in [-0.2, -0.15) is 0 Å². The van der Waals surface area contributed by atoms with E-state index in [9.17, 15) is 9.59 Å². The number of benzene rings is 1. The fraction of sp³-hybridized carbons (Fsp3) is 0.467. The van der Waals surface area contributed by atoms with E-state index in [4.69, 9.17) is 0 Å². The molecule has 1 aromatic rings. The molecule has 0 aromatic heterocycles. The van der Waals surface area contributed by atoms with Crippen molar-refractivity contribution < 1.29 is 9.59 Å². The zero-order valence-electron chi connectivity index (χ0n) is 12.2. The average molecular weight is 290 g/mol. The van der Waals surface area contributed by atoms with Gasteiger partial charge in [-0.15, -0.1) is 0 Å². The zero-order valence-corrected chi connectivity index (χ0v) is 12.2. The predicted octanol–water partition coefficient (Wildman–Crippen LogP) is 1.77. The number of urea groups is 1. The first kappa shape index (κ1) is 15.3. The van der Waals surface area contributed by atoms with Gasteiger partial charge in [-0.3, -0.25) is 4.79 Å². The smallest absolute Gasteiger partial charge is 0.318 e. The molecule has 4 N–H and O–H groups in total. The van der Waals surface area contributed by atoms with Gasteiger partial charge in [-0.25, -0.2) is 4.79 Å². The van der Waals surface area contributed by atoms with Gasteiger partial charge < -0.3 is 21.3 Å². The van der Waals surface area contributed by atoms with E-state index in [1.807, 2.05) is 0 Å². The van der Waals surface area contributed by atoms with Crippen LogP contribution in [0, 0.1) is 5.92 Å². The fourth-order valence-electron chi connectivity index (χ4n) is 2.35. The van der Waals surface area contributed by atoms with Gasteiger partial charge in [-0.05, 0) is 56.1 Å². The van der Waals surface area contributed by atoms with E-state index >= 15 is 0 Å². The molecule has 1 fully saturated rings. The number of anilines is 2. The highest BCUT2D eigenvalue weighted by molar-refractivity contribution is 5.92. The summed E-state index contributed by atoms with van der Waals surface area (Å²) in [6.07, 6.45) is 2.63. The standard InChI is InChI=1S/C15H22N4O2/c1-16-15(21)19-13-5-3-12(4-6-13)18-14(20)7-2-11-8-9-17-10-11/h3-6,11,17H,2,7-10H2,1H3,(H,18,20)(H2,16,19,21). The molecule has 0 bridgehead atoms. The Morgan fingerprint density at radius 2 is 1.86 bits per heavy atom. The lowest BCUT2D eigenvalue weighted by atomic mass is 10.0. The zero-order chi connectivity index (χ0) is 15.1. The van der Waals surface area contributed by atoms with E-state index in [1.54, 1.807) is 31.3 Å². The Kier molecular flexibility index (Phi) is 5.57. The van der Waals surface area contributed by atoms with Gasteiger partial charge in [0.1, 0.15) is 0 Å². The van der Waals surface area contributed by atoms with E-state index in [0.717, 1.165) is 31.6 Å². The van der Waals surface area contributed by atoms with Crippen molar-refractivity contribution in [2.75, 3.05) is 30.8 Å². The molecule has 1 aromatic carbocycles. The van der Waals surface area contributed by atoms with Crippen LogP contribution in [0.15, 0.2) is 24.3 Å². The molecule has 2 rings (SSSR count). The topological polar surface area (TPSA) is 82.3 Å². The maximum atomic E-state index is 11.9. The van der Waals surface area contributed by atoms with Crippen molar-refractivity contribution in [1.29, 1.82) is 0 Å². The molecule has 0 aliphatic carbocycles. The van der Waals surface area contributed by atoms with Gasteiger partial charge in [0, 0.05) is 24.8 Å². The van der Waals surface area contributed by atoms with Gasteiger partial charge in [0.2, 0.25) is 5.91 Å². The predicted molar refractivity (Wildman–Crippen MR) is 83.4 cm³/mol. The molecule has 0 radical (unpaired) electrons. The lowest BCUT2D eigenvalue weighted by Crippen LogP contribution is -2.24. The van der Waals surface area contributed by atoms with E-state index < -0.39 is 0 Å². The molecule has 0 saturated carbocycles. The molecule has 1 unspecified atom stereocenters. The Morgan fingerprint density at radius 1 is 1.19 bits per heavy atom. The molecule has 6 heteroatoms. The Bertz CT molecular complexity index is 481. The summed E-state index contributed by atoms with van der Waals surface area (Å²) in [5.74, 6) is 0.656. The molecule has 0 spiro atoms. The number of hydrogen-bond acceptors (Lipinski definition) is 3. The maximum Gasteiger partial charge on any atom is 0.318 e. The third kappa shape index (κ3) is 5.07. The van der Waals surface area contributed by atoms with Crippen molar-refractivity contribution in [3.05, 3.63) is 24.3 Å². The minimum Gasteiger partial charge on any atom is -0.341 e. The Labute approximate surface area is 124 Å². The minimum atomic E-state index is -0.267. The van der Waals surface area contributed by atoms with Crippen LogP contribution in [-0.2, 0) is 4.79 Å². The molecule has 1 saturated heterocycles. The third-order valence-corrected chi connectivity index (χ3v) is 3.60. The molecule has 6 nitrogen and oxygen atoms in total. The molecule has 1 heterocycles. The summed E-state index contributed by atoms with van der Waals surface area (Å²) >= 11 is 0. The molecule has 3 amide bonds. The largest absolute Gasteiger partial charge is 0.341 e. The SMILES string of the molecule is CNC(=O)Nc1ccc(NC(=O)CCC2CCNC2)cc1. The first-order valence-corrected chi connectivity index (χ1v) is 7.27. The normalized spacial score (nSPS) is 17.3. The Balaban J connectivity index is 1.76. The quantitative estimate of drug-likeness (QED) is 0.667. The van der Waals surface area contributed by atoms with Gasteiger partial charge in [0.05, 0.1) is 0 Å². The second kappa shape index (κ2) is 7.64. The van der Waals surface area contributed by atoms with Crippen molar-refractivity contribution in [2.24, 2.45) is 5.92 Å². The van der Waals surface area contributed by atoms with Crippen LogP contribution in [0.3, 0.4) is 0 Å². The Morgan fingerprint density at radius 3 is 2.43 bits per heavy atom. The summed E-state index contributed by atoms with van der Waals surface area (Å²) < 4.78 is 0.